The quantitative estimate of drug-likeness (QED) is 0.530. The number of carbonyl (C=O) groups is 1. The van der Waals surface area contributed by atoms with E-state index in [9.17, 15) is 13.2 Å². The molecule has 0 aliphatic carbocycles. The summed E-state index contributed by atoms with van der Waals surface area (Å²) in [6, 6.07) is 0. The highest BCUT2D eigenvalue weighted by atomic mass is 32.2. The molecule has 0 bridgehead atoms. The fourth-order valence-electron chi connectivity index (χ4n) is 2.86. The minimum atomic E-state index is -3.12. The van der Waals surface area contributed by atoms with Crippen LogP contribution in [0, 0.1) is 5.92 Å². The van der Waals surface area contributed by atoms with Crippen LogP contribution in [0.1, 0.15) is 20.3 Å². The molecule has 0 radical (unpaired) electrons. The molecule has 2 aliphatic heterocycles. The van der Waals surface area contributed by atoms with Crippen LogP contribution in [-0.4, -0.2) is 94.1 Å². The van der Waals surface area contributed by atoms with Crippen LogP contribution in [0.3, 0.4) is 0 Å². The Morgan fingerprint density at radius 1 is 1.40 bits per heavy atom. The Bertz CT molecular complexity index is 610. The maximum atomic E-state index is 12.2. The van der Waals surface area contributed by atoms with Crippen molar-refractivity contribution in [3.63, 3.8) is 0 Å². The van der Waals surface area contributed by atoms with Gasteiger partial charge in [0.1, 0.15) is 6.54 Å². The molecule has 8 nitrogen and oxygen atoms in total. The lowest BCUT2D eigenvalue weighted by molar-refractivity contribution is -0.127. The van der Waals surface area contributed by atoms with Crippen LogP contribution in [-0.2, 0) is 19.4 Å². The standard InChI is InChI=1S/C16H30N4O4S/c1-16(2)12-20(6-8-25(16,22)23)15(18-10-14(21)19(3)4)17-9-13-5-7-24-11-13/h13H,5-12H2,1-4H3,(H,17,18). The fraction of sp³-hybridized carbons (Fsp3) is 0.875. The Kier molecular flexibility index (Phi) is 6.31. The Morgan fingerprint density at radius 2 is 2.12 bits per heavy atom. The SMILES string of the molecule is CN(C)C(=O)CN=C(NCC1CCOC1)N1CCS(=O)(=O)C(C)(C)C1. The number of hydrogen-bond donors (Lipinski definition) is 1. The van der Waals surface area contributed by atoms with Crippen LogP contribution in [0.5, 0.6) is 0 Å². The van der Waals surface area contributed by atoms with Crippen LogP contribution in [0.25, 0.3) is 0 Å². The van der Waals surface area contributed by atoms with E-state index in [2.05, 4.69) is 10.3 Å². The fourth-order valence-corrected chi connectivity index (χ4v) is 4.22. The van der Waals surface area contributed by atoms with Crippen molar-refractivity contribution in [1.82, 2.24) is 15.1 Å². The highest BCUT2D eigenvalue weighted by Gasteiger charge is 2.41. The third kappa shape index (κ3) is 5.07. The van der Waals surface area contributed by atoms with Crippen molar-refractivity contribution in [2.45, 2.75) is 25.0 Å². The third-order valence-electron chi connectivity index (χ3n) is 4.78. The van der Waals surface area contributed by atoms with Gasteiger partial charge < -0.3 is 19.9 Å². The van der Waals surface area contributed by atoms with Gasteiger partial charge in [-0.15, -0.1) is 0 Å². The van der Waals surface area contributed by atoms with E-state index in [1.165, 1.54) is 4.90 Å². The molecule has 1 amide bonds. The van der Waals surface area contributed by atoms with Gasteiger partial charge in [0.05, 0.1) is 17.1 Å². The summed E-state index contributed by atoms with van der Waals surface area (Å²) in [5.74, 6) is 1.02. The first-order valence-electron chi connectivity index (χ1n) is 8.66. The predicted octanol–water partition coefficient (Wildman–Crippen LogP) is -0.434. The van der Waals surface area contributed by atoms with E-state index in [1.807, 2.05) is 4.90 Å². The molecule has 144 valence electrons. The van der Waals surface area contributed by atoms with E-state index in [-0.39, 0.29) is 18.2 Å². The van der Waals surface area contributed by atoms with Crippen molar-refractivity contribution in [1.29, 1.82) is 0 Å². The van der Waals surface area contributed by atoms with Gasteiger partial charge in [0.15, 0.2) is 15.8 Å². The molecule has 2 heterocycles. The molecule has 0 spiro atoms. The van der Waals surface area contributed by atoms with Crippen molar-refractivity contribution < 1.29 is 17.9 Å². The number of ether oxygens (including phenoxy) is 1. The number of rotatable bonds is 4. The van der Waals surface area contributed by atoms with Gasteiger partial charge in [-0.2, -0.15) is 0 Å². The van der Waals surface area contributed by atoms with Crippen LogP contribution < -0.4 is 5.32 Å². The maximum Gasteiger partial charge on any atom is 0.243 e. The van der Waals surface area contributed by atoms with Crippen LogP contribution >= 0.6 is 0 Å². The molecule has 1 N–H and O–H groups in total. The molecule has 0 aromatic rings. The summed E-state index contributed by atoms with van der Waals surface area (Å²) < 4.78 is 29.0. The average molecular weight is 375 g/mol. The van der Waals surface area contributed by atoms with E-state index in [1.54, 1.807) is 27.9 Å². The average Bonchev–Trinajstić information content (AvgIpc) is 3.03. The van der Waals surface area contributed by atoms with Crippen molar-refractivity contribution in [2.75, 3.05) is 59.2 Å². The zero-order chi connectivity index (χ0) is 18.7. The molecule has 0 aromatic carbocycles. The zero-order valence-electron chi connectivity index (χ0n) is 15.6. The van der Waals surface area contributed by atoms with Crippen molar-refractivity contribution in [2.24, 2.45) is 10.9 Å². The topological polar surface area (TPSA) is 91.3 Å². The van der Waals surface area contributed by atoms with Crippen LogP contribution in [0.4, 0.5) is 0 Å². The van der Waals surface area contributed by atoms with Crippen molar-refractivity contribution >= 4 is 21.7 Å². The Morgan fingerprint density at radius 3 is 2.68 bits per heavy atom. The molecular formula is C16H30N4O4S. The number of sulfone groups is 1. The van der Waals surface area contributed by atoms with Gasteiger partial charge in [0, 0.05) is 46.3 Å². The number of nitrogens with zero attached hydrogens (tertiary/aromatic N) is 3. The normalized spacial score (nSPS) is 25.7. The Hall–Kier alpha value is -1.35. The summed E-state index contributed by atoms with van der Waals surface area (Å²) in [4.78, 5) is 19.8. The third-order valence-corrected chi connectivity index (χ3v) is 7.31. The van der Waals surface area contributed by atoms with Crippen molar-refractivity contribution in [3.8, 4) is 0 Å². The number of amides is 1. The predicted molar refractivity (Wildman–Crippen MR) is 97.4 cm³/mol. The molecule has 0 aromatic heterocycles. The molecule has 1 atom stereocenters. The highest BCUT2D eigenvalue weighted by Crippen LogP contribution is 2.23. The van der Waals surface area contributed by atoms with Gasteiger partial charge in [-0.05, 0) is 20.3 Å². The first-order valence-corrected chi connectivity index (χ1v) is 10.3. The van der Waals surface area contributed by atoms with Crippen LogP contribution in [0.15, 0.2) is 4.99 Å². The van der Waals surface area contributed by atoms with Crippen molar-refractivity contribution in [3.05, 3.63) is 0 Å². The van der Waals surface area contributed by atoms with Gasteiger partial charge >= 0.3 is 0 Å². The number of carbonyl (C=O) groups excluding carboxylic acids is 1. The Labute approximate surface area is 150 Å². The second kappa shape index (κ2) is 7.90. The highest BCUT2D eigenvalue weighted by molar-refractivity contribution is 7.92. The van der Waals surface area contributed by atoms with Gasteiger partial charge in [-0.1, -0.05) is 0 Å². The lowest BCUT2D eigenvalue weighted by Gasteiger charge is -2.39. The van der Waals surface area contributed by atoms with Gasteiger partial charge in [0.2, 0.25) is 5.91 Å². The number of nitrogens with one attached hydrogen (secondary N) is 1. The molecule has 9 heteroatoms. The lowest BCUT2D eigenvalue weighted by atomic mass is 10.1. The molecule has 2 aliphatic rings. The summed E-state index contributed by atoms with van der Waals surface area (Å²) in [6.45, 7) is 6.46. The van der Waals surface area contributed by atoms with E-state index in [4.69, 9.17) is 4.74 Å². The molecule has 0 saturated carbocycles. The van der Waals surface area contributed by atoms with Gasteiger partial charge in [-0.25, -0.2) is 13.4 Å². The van der Waals surface area contributed by atoms with E-state index in [0.29, 0.717) is 31.5 Å². The number of aliphatic imine (C=N–C) groups is 1. The minimum Gasteiger partial charge on any atom is -0.381 e. The lowest BCUT2D eigenvalue weighted by Crippen LogP contribution is -2.57. The number of likely N-dealkylation sites (N-methyl/N-ethyl adjacent to an activating group) is 1. The molecule has 2 fully saturated rings. The van der Waals surface area contributed by atoms with E-state index < -0.39 is 14.6 Å². The first-order chi connectivity index (χ1) is 11.6. The summed E-state index contributed by atoms with van der Waals surface area (Å²) in [5.41, 5.74) is 0. The summed E-state index contributed by atoms with van der Waals surface area (Å²) >= 11 is 0. The molecule has 2 rings (SSSR count). The largest absolute Gasteiger partial charge is 0.381 e. The summed E-state index contributed by atoms with van der Waals surface area (Å²) in [7, 11) is 0.261. The van der Waals surface area contributed by atoms with Gasteiger partial charge in [0.25, 0.3) is 0 Å². The summed E-state index contributed by atoms with van der Waals surface area (Å²) in [6.07, 6.45) is 0.997. The van der Waals surface area contributed by atoms with E-state index >= 15 is 0 Å². The van der Waals surface area contributed by atoms with Crippen LogP contribution in [0.2, 0.25) is 0 Å². The molecule has 25 heavy (non-hydrogen) atoms. The maximum absolute atomic E-state index is 12.2. The smallest absolute Gasteiger partial charge is 0.243 e. The zero-order valence-corrected chi connectivity index (χ0v) is 16.4. The second-order valence-electron chi connectivity index (χ2n) is 7.54. The molecule has 1 unspecified atom stereocenters. The molecule has 2 saturated heterocycles. The van der Waals surface area contributed by atoms with E-state index in [0.717, 1.165) is 19.6 Å². The van der Waals surface area contributed by atoms with Gasteiger partial charge in [-0.3, -0.25) is 4.79 Å². The molecular weight excluding hydrogens is 344 g/mol. The second-order valence-corrected chi connectivity index (χ2v) is 10.3. The Balaban J connectivity index is 2.09. The first kappa shape index (κ1) is 20.0. The minimum absolute atomic E-state index is 0.0418. The number of guanidine groups is 1. The number of hydrogen-bond acceptors (Lipinski definition) is 5. The monoisotopic (exact) mass is 374 g/mol. The summed E-state index contributed by atoms with van der Waals surface area (Å²) in [5, 5.41) is 3.32.